The van der Waals surface area contributed by atoms with Gasteiger partial charge in [-0.3, -0.25) is 0 Å². The van der Waals surface area contributed by atoms with Gasteiger partial charge in [0.2, 0.25) is 0 Å². The van der Waals surface area contributed by atoms with Gasteiger partial charge in [-0.25, -0.2) is 0 Å². The van der Waals surface area contributed by atoms with E-state index in [1.165, 1.54) is 50.3 Å². The lowest BCUT2D eigenvalue weighted by molar-refractivity contribution is 0.558. The minimum Gasteiger partial charge on any atom is -0.336 e. The van der Waals surface area contributed by atoms with Crippen molar-refractivity contribution in [1.29, 1.82) is 0 Å². The second kappa shape index (κ2) is 6.49. The lowest BCUT2D eigenvalue weighted by atomic mass is 9.81. The van der Waals surface area contributed by atoms with Crippen molar-refractivity contribution in [1.82, 2.24) is 0 Å². The van der Waals surface area contributed by atoms with Crippen LogP contribution in [0.1, 0.15) is 62.4 Å². The topological polar surface area (TPSA) is 3.24 Å². The first-order valence-corrected chi connectivity index (χ1v) is 10.6. The number of benzene rings is 3. The summed E-state index contributed by atoms with van der Waals surface area (Å²) in [7, 11) is 0. The highest BCUT2D eigenvalue weighted by molar-refractivity contribution is 5.86. The van der Waals surface area contributed by atoms with E-state index in [0.717, 1.165) is 0 Å². The van der Waals surface area contributed by atoms with Crippen molar-refractivity contribution in [2.45, 2.75) is 66.3 Å². The van der Waals surface area contributed by atoms with Crippen molar-refractivity contribution in [3.8, 4) is 11.1 Å². The Kier molecular flexibility index (Phi) is 4.42. The Bertz CT molecular complexity index is 1100. The Morgan fingerprint density at radius 1 is 0.690 bits per heavy atom. The summed E-state index contributed by atoms with van der Waals surface area (Å²) in [6.07, 6.45) is 0. The SMILES string of the molecule is Cc1ccc2c(c1)-c1cc(N(c3ccccc3C)C(C)(C)C)c(C)cc1C2(C)C. The summed E-state index contributed by atoms with van der Waals surface area (Å²) in [5.41, 5.74) is 12.2. The average molecular weight is 384 g/mol. The third kappa shape index (κ3) is 3.08. The summed E-state index contributed by atoms with van der Waals surface area (Å²) in [6.45, 7) is 18.3. The van der Waals surface area contributed by atoms with Gasteiger partial charge in [0.05, 0.1) is 0 Å². The van der Waals surface area contributed by atoms with Crippen LogP contribution in [-0.4, -0.2) is 5.54 Å². The third-order valence-corrected chi connectivity index (χ3v) is 6.42. The van der Waals surface area contributed by atoms with E-state index in [1.54, 1.807) is 0 Å². The average Bonchev–Trinajstić information content (AvgIpc) is 2.83. The first-order chi connectivity index (χ1) is 13.5. The molecule has 1 aliphatic carbocycles. The van der Waals surface area contributed by atoms with Gasteiger partial charge in [0.15, 0.2) is 0 Å². The standard InChI is InChI=1S/C28H33N/c1-18-13-14-23-21(15-18)22-17-26(20(3)16-24(22)28(23,7)8)29(27(4,5)6)25-12-10-9-11-19(25)2/h9-17H,1-8H3. The van der Waals surface area contributed by atoms with Gasteiger partial charge in [0.1, 0.15) is 0 Å². The number of anilines is 2. The van der Waals surface area contributed by atoms with E-state index in [1.807, 2.05) is 0 Å². The maximum absolute atomic E-state index is 2.51. The van der Waals surface area contributed by atoms with Gasteiger partial charge in [-0.05, 0) is 87.1 Å². The molecule has 0 spiro atoms. The highest BCUT2D eigenvalue weighted by Gasteiger charge is 2.37. The molecule has 0 fully saturated rings. The molecule has 0 aliphatic heterocycles. The van der Waals surface area contributed by atoms with Crippen LogP contribution in [0.4, 0.5) is 11.4 Å². The van der Waals surface area contributed by atoms with E-state index in [2.05, 4.69) is 115 Å². The molecule has 0 atom stereocenters. The zero-order valence-electron chi connectivity index (χ0n) is 19.1. The minimum atomic E-state index is -0.0331. The van der Waals surface area contributed by atoms with Gasteiger partial charge in [0, 0.05) is 22.3 Å². The van der Waals surface area contributed by atoms with Gasteiger partial charge in [-0.15, -0.1) is 0 Å². The van der Waals surface area contributed by atoms with Crippen molar-refractivity contribution >= 4 is 11.4 Å². The second-order valence-electron chi connectivity index (χ2n) is 10.2. The monoisotopic (exact) mass is 383 g/mol. The molecule has 4 rings (SSSR count). The van der Waals surface area contributed by atoms with E-state index in [0.29, 0.717) is 0 Å². The van der Waals surface area contributed by atoms with Crippen LogP contribution in [0, 0.1) is 20.8 Å². The number of nitrogens with zero attached hydrogens (tertiary/aromatic N) is 1. The summed E-state index contributed by atoms with van der Waals surface area (Å²) in [5.74, 6) is 0. The van der Waals surface area contributed by atoms with Gasteiger partial charge < -0.3 is 4.90 Å². The number of fused-ring (bicyclic) bond motifs is 3. The van der Waals surface area contributed by atoms with E-state index in [4.69, 9.17) is 0 Å². The summed E-state index contributed by atoms with van der Waals surface area (Å²) in [4.78, 5) is 2.51. The van der Waals surface area contributed by atoms with Crippen LogP contribution in [0.2, 0.25) is 0 Å². The molecule has 29 heavy (non-hydrogen) atoms. The quantitative estimate of drug-likeness (QED) is 0.435. The Labute approximate surface area is 176 Å². The molecular formula is C28H33N. The van der Waals surface area contributed by atoms with Gasteiger partial charge in [-0.1, -0.05) is 61.9 Å². The second-order valence-corrected chi connectivity index (χ2v) is 10.2. The molecule has 1 heteroatoms. The van der Waals surface area contributed by atoms with Crippen LogP contribution >= 0.6 is 0 Å². The fourth-order valence-electron chi connectivity index (χ4n) is 4.92. The largest absolute Gasteiger partial charge is 0.336 e. The molecule has 0 N–H and O–H groups in total. The van der Waals surface area contributed by atoms with E-state index in [9.17, 15) is 0 Å². The van der Waals surface area contributed by atoms with Crippen LogP contribution < -0.4 is 4.90 Å². The molecule has 0 heterocycles. The molecule has 1 nitrogen and oxygen atoms in total. The number of rotatable bonds is 2. The minimum absolute atomic E-state index is 0.0331. The molecule has 0 radical (unpaired) electrons. The van der Waals surface area contributed by atoms with Gasteiger partial charge >= 0.3 is 0 Å². The van der Waals surface area contributed by atoms with Crippen LogP contribution in [0.5, 0.6) is 0 Å². The first kappa shape index (κ1) is 19.8. The molecule has 0 aromatic heterocycles. The first-order valence-electron chi connectivity index (χ1n) is 10.6. The predicted molar refractivity (Wildman–Crippen MR) is 127 cm³/mol. The van der Waals surface area contributed by atoms with Crippen LogP contribution in [0.15, 0.2) is 54.6 Å². The van der Waals surface area contributed by atoms with E-state index >= 15 is 0 Å². The highest BCUT2D eigenvalue weighted by atomic mass is 15.2. The zero-order valence-corrected chi connectivity index (χ0v) is 19.1. The lowest BCUT2D eigenvalue weighted by Crippen LogP contribution is -2.38. The number of hydrogen-bond acceptors (Lipinski definition) is 1. The Morgan fingerprint density at radius 2 is 1.34 bits per heavy atom. The molecule has 150 valence electrons. The third-order valence-electron chi connectivity index (χ3n) is 6.42. The van der Waals surface area contributed by atoms with Crippen molar-refractivity contribution in [2.75, 3.05) is 4.90 Å². The summed E-state index contributed by atoms with van der Waals surface area (Å²) in [6, 6.07) is 20.5. The molecule has 0 amide bonds. The van der Waals surface area contributed by atoms with E-state index in [-0.39, 0.29) is 11.0 Å². The Morgan fingerprint density at radius 3 is 2.00 bits per heavy atom. The molecule has 0 saturated heterocycles. The maximum Gasteiger partial charge on any atom is 0.0451 e. The van der Waals surface area contributed by atoms with Crippen LogP contribution in [0.25, 0.3) is 11.1 Å². The Hall–Kier alpha value is -2.54. The molecule has 0 bridgehead atoms. The highest BCUT2D eigenvalue weighted by Crippen LogP contribution is 2.51. The van der Waals surface area contributed by atoms with Crippen molar-refractivity contribution in [3.05, 3.63) is 82.4 Å². The van der Waals surface area contributed by atoms with Crippen molar-refractivity contribution in [2.24, 2.45) is 0 Å². The predicted octanol–water partition coefficient (Wildman–Crippen LogP) is 7.85. The number of para-hydroxylation sites is 1. The maximum atomic E-state index is 2.51. The summed E-state index contributed by atoms with van der Waals surface area (Å²) >= 11 is 0. The van der Waals surface area contributed by atoms with Crippen molar-refractivity contribution in [3.63, 3.8) is 0 Å². The fourth-order valence-corrected chi connectivity index (χ4v) is 4.92. The fraction of sp³-hybridized carbons (Fsp3) is 0.357. The molecule has 3 aromatic carbocycles. The van der Waals surface area contributed by atoms with Gasteiger partial charge in [-0.2, -0.15) is 0 Å². The van der Waals surface area contributed by atoms with Crippen LogP contribution in [0.3, 0.4) is 0 Å². The number of hydrogen-bond donors (Lipinski definition) is 0. The van der Waals surface area contributed by atoms with Crippen LogP contribution in [-0.2, 0) is 5.41 Å². The molecule has 0 unspecified atom stereocenters. The van der Waals surface area contributed by atoms with Gasteiger partial charge in [0.25, 0.3) is 0 Å². The summed E-state index contributed by atoms with van der Waals surface area (Å²) < 4.78 is 0. The molecule has 1 aliphatic rings. The van der Waals surface area contributed by atoms with E-state index < -0.39 is 0 Å². The Balaban J connectivity index is 2.00. The number of aryl methyl sites for hydroxylation is 3. The molecular weight excluding hydrogens is 350 g/mol. The van der Waals surface area contributed by atoms with Crippen molar-refractivity contribution < 1.29 is 0 Å². The normalized spacial score (nSPS) is 14.5. The summed E-state index contributed by atoms with van der Waals surface area (Å²) in [5, 5.41) is 0. The molecule has 3 aromatic rings. The zero-order chi connectivity index (χ0) is 21.1. The lowest BCUT2D eigenvalue weighted by Gasteiger charge is -2.40. The molecule has 0 saturated carbocycles. The smallest absolute Gasteiger partial charge is 0.0451 e.